The van der Waals surface area contributed by atoms with Crippen molar-refractivity contribution < 1.29 is 9.53 Å². The predicted molar refractivity (Wildman–Crippen MR) is 126 cm³/mol. The van der Waals surface area contributed by atoms with E-state index in [-0.39, 0.29) is 11.6 Å². The van der Waals surface area contributed by atoms with Gasteiger partial charge in [-0.25, -0.2) is 9.59 Å². The summed E-state index contributed by atoms with van der Waals surface area (Å²) in [6, 6.07) is 23.7. The first-order valence-corrected chi connectivity index (χ1v) is 10.7. The molecule has 1 aliphatic carbocycles. The average molecular weight is 441 g/mol. The number of aromatic amines is 1. The SMILES string of the molecule is COC(=O)c1cccc(Cn2cc(C3c4ccccc4-c4ccccc43)c(=S)[nH]c2=O)c1. The van der Waals surface area contributed by atoms with Crippen molar-refractivity contribution in [3.8, 4) is 11.1 Å². The Kier molecular flexibility index (Phi) is 5.07. The number of benzene rings is 3. The molecule has 0 bridgehead atoms. The lowest BCUT2D eigenvalue weighted by Crippen LogP contribution is -2.25. The number of nitrogens with zero attached hydrogens (tertiary/aromatic N) is 1. The van der Waals surface area contributed by atoms with Gasteiger partial charge in [-0.2, -0.15) is 0 Å². The van der Waals surface area contributed by atoms with Crippen LogP contribution in [0, 0.1) is 4.64 Å². The largest absolute Gasteiger partial charge is 0.465 e. The molecule has 3 aromatic carbocycles. The van der Waals surface area contributed by atoms with Crippen LogP contribution in [0.25, 0.3) is 11.1 Å². The molecule has 0 atom stereocenters. The fourth-order valence-electron chi connectivity index (χ4n) is 4.45. The fraction of sp³-hybridized carbons (Fsp3) is 0.115. The molecule has 6 heteroatoms. The number of rotatable bonds is 4. The van der Waals surface area contributed by atoms with Crippen LogP contribution in [0.4, 0.5) is 0 Å². The number of H-pyrrole nitrogens is 1. The number of ether oxygens (including phenoxy) is 1. The van der Waals surface area contributed by atoms with E-state index < -0.39 is 5.97 Å². The zero-order valence-corrected chi connectivity index (χ0v) is 18.2. The lowest BCUT2D eigenvalue weighted by atomic mass is 9.91. The van der Waals surface area contributed by atoms with E-state index in [1.807, 2.05) is 36.5 Å². The summed E-state index contributed by atoms with van der Waals surface area (Å²) in [5.41, 5.74) is 6.57. The van der Waals surface area contributed by atoms with Crippen LogP contribution in [0.1, 0.15) is 38.5 Å². The molecule has 0 saturated heterocycles. The van der Waals surface area contributed by atoms with E-state index in [1.54, 1.807) is 22.8 Å². The molecule has 0 saturated carbocycles. The Labute approximate surface area is 190 Å². The number of aromatic nitrogens is 2. The van der Waals surface area contributed by atoms with Crippen LogP contribution in [0.2, 0.25) is 0 Å². The van der Waals surface area contributed by atoms with Gasteiger partial charge in [0.2, 0.25) is 0 Å². The normalized spacial score (nSPS) is 12.3. The van der Waals surface area contributed by atoms with Crippen LogP contribution >= 0.6 is 12.2 Å². The highest BCUT2D eigenvalue weighted by Gasteiger charge is 2.30. The van der Waals surface area contributed by atoms with Gasteiger partial charge in [0.15, 0.2) is 0 Å². The molecule has 0 fully saturated rings. The third kappa shape index (κ3) is 3.39. The Morgan fingerprint density at radius 1 is 0.969 bits per heavy atom. The maximum Gasteiger partial charge on any atom is 0.337 e. The van der Waals surface area contributed by atoms with Gasteiger partial charge in [-0.05, 0) is 39.9 Å². The van der Waals surface area contributed by atoms with Crippen LogP contribution in [0.3, 0.4) is 0 Å². The van der Waals surface area contributed by atoms with Crippen LogP contribution in [-0.2, 0) is 11.3 Å². The quantitative estimate of drug-likeness (QED) is 0.319. The van der Waals surface area contributed by atoms with Crippen molar-refractivity contribution in [2.45, 2.75) is 12.5 Å². The molecule has 1 aromatic heterocycles. The van der Waals surface area contributed by atoms with E-state index in [4.69, 9.17) is 17.0 Å². The van der Waals surface area contributed by atoms with E-state index in [2.05, 4.69) is 29.2 Å². The van der Waals surface area contributed by atoms with Crippen molar-refractivity contribution in [1.82, 2.24) is 9.55 Å². The first kappa shape index (κ1) is 20.2. The molecular weight excluding hydrogens is 420 g/mol. The topological polar surface area (TPSA) is 64.1 Å². The van der Waals surface area contributed by atoms with Crippen molar-refractivity contribution in [2.24, 2.45) is 0 Å². The number of carbonyl (C=O) groups excluding carboxylic acids is 1. The third-order valence-corrected chi connectivity index (χ3v) is 6.22. The standard InChI is InChI=1S/C26H20N2O3S/c1-31-25(29)17-8-6-7-16(13-17)14-28-15-22(24(32)27-26(28)30)23-20-11-4-2-9-18(20)19-10-3-5-12-21(19)23/h2-13,15,23H,14H2,1H3,(H,27,30,32). The molecule has 0 unspecified atom stereocenters. The van der Waals surface area contributed by atoms with Gasteiger partial charge in [0, 0.05) is 17.7 Å². The Hall–Kier alpha value is -3.77. The summed E-state index contributed by atoms with van der Waals surface area (Å²) in [6.45, 7) is 0.304. The number of hydrogen-bond donors (Lipinski definition) is 1. The van der Waals surface area contributed by atoms with Gasteiger partial charge in [-0.15, -0.1) is 0 Å². The van der Waals surface area contributed by atoms with Gasteiger partial charge in [-0.3, -0.25) is 9.55 Å². The minimum absolute atomic E-state index is 0.0561. The molecule has 158 valence electrons. The van der Waals surface area contributed by atoms with Crippen molar-refractivity contribution in [3.05, 3.63) is 122 Å². The molecule has 5 rings (SSSR count). The number of esters is 1. The number of nitrogens with one attached hydrogen (secondary N) is 1. The van der Waals surface area contributed by atoms with E-state index in [0.29, 0.717) is 16.7 Å². The number of hydrogen-bond acceptors (Lipinski definition) is 4. The Morgan fingerprint density at radius 2 is 1.62 bits per heavy atom. The molecule has 0 radical (unpaired) electrons. The minimum atomic E-state index is -0.411. The molecule has 1 N–H and O–H groups in total. The summed E-state index contributed by atoms with van der Waals surface area (Å²) in [5, 5.41) is 0. The minimum Gasteiger partial charge on any atom is -0.465 e. The number of fused-ring (bicyclic) bond motifs is 3. The van der Waals surface area contributed by atoms with Crippen LogP contribution in [0.15, 0.2) is 83.8 Å². The molecule has 1 aliphatic rings. The summed E-state index contributed by atoms with van der Waals surface area (Å²) < 4.78 is 6.85. The molecular formula is C26H20N2O3S. The molecule has 4 aromatic rings. The molecule has 1 heterocycles. The second-order valence-electron chi connectivity index (χ2n) is 7.77. The van der Waals surface area contributed by atoms with Crippen molar-refractivity contribution >= 4 is 18.2 Å². The van der Waals surface area contributed by atoms with Crippen molar-refractivity contribution in [1.29, 1.82) is 0 Å². The van der Waals surface area contributed by atoms with Gasteiger partial charge in [0.1, 0.15) is 4.64 Å². The van der Waals surface area contributed by atoms with Crippen LogP contribution in [0.5, 0.6) is 0 Å². The van der Waals surface area contributed by atoms with Crippen LogP contribution in [-0.4, -0.2) is 22.6 Å². The first-order chi connectivity index (χ1) is 15.6. The van der Waals surface area contributed by atoms with E-state index in [0.717, 1.165) is 11.1 Å². The fourth-order valence-corrected chi connectivity index (χ4v) is 4.71. The first-order valence-electron chi connectivity index (χ1n) is 10.3. The smallest absolute Gasteiger partial charge is 0.337 e. The van der Waals surface area contributed by atoms with Gasteiger partial charge < -0.3 is 4.74 Å². The average Bonchev–Trinajstić information content (AvgIpc) is 3.15. The summed E-state index contributed by atoms with van der Waals surface area (Å²) >= 11 is 5.60. The van der Waals surface area contributed by atoms with E-state index in [1.165, 1.54) is 29.4 Å². The molecule has 32 heavy (non-hydrogen) atoms. The highest BCUT2D eigenvalue weighted by molar-refractivity contribution is 7.71. The Morgan fingerprint density at radius 3 is 2.28 bits per heavy atom. The molecule has 5 nitrogen and oxygen atoms in total. The van der Waals surface area contributed by atoms with Crippen molar-refractivity contribution in [2.75, 3.05) is 7.11 Å². The maximum absolute atomic E-state index is 12.7. The summed E-state index contributed by atoms with van der Waals surface area (Å²) in [5.74, 6) is -0.467. The molecule has 0 spiro atoms. The Bertz CT molecular complexity index is 1420. The zero-order chi connectivity index (χ0) is 22.2. The predicted octanol–water partition coefficient (Wildman–Crippen LogP) is 4.90. The Balaban J connectivity index is 1.61. The van der Waals surface area contributed by atoms with Gasteiger partial charge in [0.25, 0.3) is 0 Å². The second-order valence-corrected chi connectivity index (χ2v) is 8.18. The molecule has 0 amide bonds. The van der Waals surface area contributed by atoms with E-state index >= 15 is 0 Å². The maximum atomic E-state index is 12.7. The monoisotopic (exact) mass is 440 g/mol. The number of carbonyl (C=O) groups is 1. The summed E-state index contributed by atoms with van der Waals surface area (Å²) in [6.07, 6.45) is 1.84. The van der Waals surface area contributed by atoms with Gasteiger partial charge in [-0.1, -0.05) is 72.9 Å². The van der Waals surface area contributed by atoms with Gasteiger partial charge >= 0.3 is 11.7 Å². The molecule has 0 aliphatic heterocycles. The van der Waals surface area contributed by atoms with Gasteiger partial charge in [0.05, 0.1) is 19.2 Å². The highest BCUT2D eigenvalue weighted by Crippen LogP contribution is 2.47. The van der Waals surface area contributed by atoms with Crippen molar-refractivity contribution in [3.63, 3.8) is 0 Å². The lowest BCUT2D eigenvalue weighted by Gasteiger charge is -2.16. The highest BCUT2D eigenvalue weighted by atomic mass is 32.1. The lowest BCUT2D eigenvalue weighted by molar-refractivity contribution is 0.0600. The summed E-state index contributed by atoms with van der Waals surface area (Å²) in [7, 11) is 1.35. The van der Waals surface area contributed by atoms with Crippen LogP contribution < -0.4 is 5.69 Å². The van der Waals surface area contributed by atoms with E-state index in [9.17, 15) is 9.59 Å². The summed E-state index contributed by atoms with van der Waals surface area (Å²) in [4.78, 5) is 27.5. The third-order valence-electron chi connectivity index (χ3n) is 5.88. The zero-order valence-electron chi connectivity index (χ0n) is 17.4. The second kappa shape index (κ2) is 8.05. The number of methoxy groups -OCH3 is 1.